The fourth-order valence-corrected chi connectivity index (χ4v) is 0.960. The van der Waals surface area contributed by atoms with E-state index in [0.717, 1.165) is 0 Å². The molecule has 74 valence electrons. The quantitative estimate of drug-likeness (QED) is 0.358. The minimum absolute atomic E-state index is 0. The Morgan fingerprint density at radius 3 is 2.69 bits per heavy atom. The molecule has 1 aliphatic carbocycles. The number of nitrogens with two attached hydrogens (primary N) is 1. The van der Waals surface area contributed by atoms with E-state index in [4.69, 9.17) is 5.73 Å². The van der Waals surface area contributed by atoms with E-state index in [-0.39, 0.29) is 24.0 Å². The van der Waals surface area contributed by atoms with Gasteiger partial charge in [0.2, 0.25) is 0 Å². The lowest BCUT2D eigenvalue weighted by Crippen LogP contribution is -2.35. The van der Waals surface area contributed by atoms with Gasteiger partial charge in [0.05, 0.1) is 0 Å². The lowest BCUT2D eigenvalue weighted by molar-refractivity contribution is 0.488. The lowest BCUT2D eigenvalue weighted by atomic mass is 10.6. The van der Waals surface area contributed by atoms with Crippen LogP contribution in [0.5, 0.6) is 0 Å². The number of rotatable bonds is 2. The highest BCUT2D eigenvalue weighted by atomic mass is 127. The van der Waals surface area contributed by atoms with Gasteiger partial charge in [0, 0.05) is 13.1 Å². The summed E-state index contributed by atoms with van der Waals surface area (Å²) in [5, 5.41) is 0. The molecule has 3 nitrogen and oxygen atoms in total. The first kappa shape index (κ1) is 12.6. The van der Waals surface area contributed by atoms with Crippen molar-refractivity contribution in [1.29, 1.82) is 0 Å². The largest absolute Gasteiger partial charge is 0.370 e. The second kappa shape index (κ2) is 6.08. The van der Waals surface area contributed by atoms with Crippen molar-refractivity contribution in [2.45, 2.75) is 25.8 Å². The SMILES string of the molecule is CC#CCN=C(N)N(C)C1CC1.I. The smallest absolute Gasteiger partial charge is 0.192 e. The lowest BCUT2D eigenvalue weighted by Gasteiger charge is -2.16. The number of hydrogen-bond donors (Lipinski definition) is 1. The molecule has 4 heteroatoms. The van der Waals surface area contributed by atoms with Crippen LogP contribution >= 0.6 is 24.0 Å². The molecule has 0 atom stereocenters. The third kappa shape index (κ3) is 4.36. The third-order valence-corrected chi connectivity index (χ3v) is 1.95. The minimum atomic E-state index is 0. The fourth-order valence-electron chi connectivity index (χ4n) is 0.960. The van der Waals surface area contributed by atoms with E-state index in [1.807, 2.05) is 11.9 Å². The minimum Gasteiger partial charge on any atom is -0.370 e. The van der Waals surface area contributed by atoms with Crippen molar-refractivity contribution in [2.75, 3.05) is 13.6 Å². The van der Waals surface area contributed by atoms with Crippen molar-refractivity contribution in [3.8, 4) is 11.8 Å². The molecule has 0 saturated heterocycles. The topological polar surface area (TPSA) is 41.6 Å². The highest BCUT2D eigenvalue weighted by molar-refractivity contribution is 14.0. The number of guanidine groups is 1. The van der Waals surface area contributed by atoms with Crippen molar-refractivity contribution in [2.24, 2.45) is 10.7 Å². The molecule has 0 aromatic carbocycles. The van der Waals surface area contributed by atoms with Crippen LogP contribution in [0.1, 0.15) is 19.8 Å². The van der Waals surface area contributed by atoms with E-state index in [1.54, 1.807) is 6.92 Å². The first-order chi connectivity index (χ1) is 5.75. The van der Waals surface area contributed by atoms with Gasteiger partial charge in [-0.2, -0.15) is 0 Å². The van der Waals surface area contributed by atoms with Crippen LogP contribution in [0.3, 0.4) is 0 Å². The Morgan fingerprint density at radius 1 is 1.62 bits per heavy atom. The predicted molar refractivity (Wildman–Crippen MR) is 66.1 cm³/mol. The van der Waals surface area contributed by atoms with Crippen LogP contribution in [-0.4, -0.2) is 30.5 Å². The molecule has 0 heterocycles. The highest BCUT2D eigenvalue weighted by Gasteiger charge is 2.27. The Balaban J connectivity index is 0.00000144. The Hall–Kier alpha value is -0.440. The monoisotopic (exact) mass is 293 g/mol. The summed E-state index contributed by atoms with van der Waals surface area (Å²) < 4.78 is 0. The number of aliphatic imine (C=N–C) groups is 1. The van der Waals surface area contributed by atoms with Gasteiger partial charge in [0.25, 0.3) is 0 Å². The summed E-state index contributed by atoms with van der Waals surface area (Å²) in [7, 11) is 1.98. The predicted octanol–water partition coefficient (Wildman–Crippen LogP) is 1.04. The second-order valence-corrected chi connectivity index (χ2v) is 2.94. The van der Waals surface area contributed by atoms with Gasteiger partial charge in [-0.1, -0.05) is 5.92 Å². The van der Waals surface area contributed by atoms with E-state index in [2.05, 4.69) is 16.8 Å². The van der Waals surface area contributed by atoms with E-state index < -0.39 is 0 Å². The summed E-state index contributed by atoms with van der Waals surface area (Å²) >= 11 is 0. The zero-order valence-corrected chi connectivity index (χ0v) is 10.4. The zero-order chi connectivity index (χ0) is 8.97. The molecule has 1 fully saturated rings. The summed E-state index contributed by atoms with van der Waals surface area (Å²) in [6.45, 7) is 2.32. The summed E-state index contributed by atoms with van der Waals surface area (Å²) in [4.78, 5) is 6.15. The van der Waals surface area contributed by atoms with Crippen LogP contribution in [0, 0.1) is 11.8 Å². The van der Waals surface area contributed by atoms with Crippen molar-refractivity contribution in [3.63, 3.8) is 0 Å². The summed E-state index contributed by atoms with van der Waals surface area (Å²) in [5.74, 6) is 6.24. The Labute approximate surface area is 96.8 Å². The Morgan fingerprint density at radius 2 is 2.23 bits per heavy atom. The van der Waals surface area contributed by atoms with E-state index in [0.29, 0.717) is 18.5 Å². The van der Waals surface area contributed by atoms with Gasteiger partial charge in [0.1, 0.15) is 6.54 Å². The molecule has 1 saturated carbocycles. The van der Waals surface area contributed by atoms with Crippen LogP contribution in [0.4, 0.5) is 0 Å². The maximum Gasteiger partial charge on any atom is 0.192 e. The van der Waals surface area contributed by atoms with Crippen LogP contribution < -0.4 is 5.73 Å². The van der Waals surface area contributed by atoms with Crippen LogP contribution in [-0.2, 0) is 0 Å². The summed E-state index contributed by atoms with van der Waals surface area (Å²) in [6, 6.07) is 0.628. The average Bonchev–Trinajstić information content (AvgIpc) is 2.86. The maximum absolute atomic E-state index is 5.71. The van der Waals surface area contributed by atoms with Crippen molar-refractivity contribution in [3.05, 3.63) is 0 Å². The molecule has 0 aliphatic heterocycles. The highest BCUT2D eigenvalue weighted by Crippen LogP contribution is 2.24. The molecule has 0 aromatic heterocycles. The summed E-state index contributed by atoms with van der Waals surface area (Å²) in [6.07, 6.45) is 2.48. The molecular weight excluding hydrogens is 277 g/mol. The molecule has 0 amide bonds. The standard InChI is InChI=1S/C9H15N3.HI/c1-3-4-7-11-9(10)12(2)8-5-6-8;/h8H,5-7H2,1-2H3,(H2,10,11);1H. The first-order valence-electron chi connectivity index (χ1n) is 4.18. The van der Waals surface area contributed by atoms with E-state index in [1.165, 1.54) is 12.8 Å². The summed E-state index contributed by atoms with van der Waals surface area (Å²) in [5.41, 5.74) is 5.71. The number of nitrogens with zero attached hydrogens (tertiary/aromatic N) is 2. The molecule has 0 unspecified atom stereocenters. The molecule has 1 aliphatic rings. The number of halogens is 1. The fraction of sp³-hybridized carbons (Fsp3) is 0.667. The van der Waals surface area contributed by atoms with Crippen molar-refractivity contribution >= 4 is 29.9 Å². The van der Waals surface area contributed by atoms with Crippen molar-refractivity contribution in [1.82, 2.24) is 4.90 Å². The van der Waals surface area contributed by atoms with Gasteiger partial charge in [-0.25, -0.2) is 4.99 Å². The zero-order valence-electron chi connectivity index (χ0n) is 8.08. The normalized spacial score (nSPS) is 15.4. The Kier molecular flexibility index (Phi) is 5.88. The molecular formula is C9H16IN3. The van der Waals surface area contributed by atoms with Gasteiger partial charge >= 0.3 is 0 Å². The van der Waals surface area contributed by atoms with Crippen molar-refractivity contribution < 1.29 is 0 Å². The molecule has 2 N–H and O–H groups in total. The molecule has 0 radical (unpaired) electrons. The molecule has 0 aromatic rings. The van der Waals surface area contributed by atoms with Gasteiger partial charge in [0.15, 0.2) is 5.96 Å². The Bertz CT molecular complexity index is 235. The third-order valence-electron chi connectivity index (χ3n) is 1.95. The molecule has 0 spiro atoms. The molecule has 13 heavy (non-hydrogen) atoms. The van der Waals surface area contributed by atoms with Crippen LogP contribution in [0.2, 0.25) is 0 Å². The maximum atomic E-state index is 5.71. The van der Waals surface area contributed by atoms with Gasteiger partial charge in [-0.15, -0.1) is 29.9 Å². The average molecular weight is 293 g/mol. The van der Waals surface area contributed by atoms with Gasteiger partial charge < -0.3 is 10.6 Å². The van der Waals surface area contributed by atoms with Gasteiger partial charge in [-0.3, -0.25) is 0 Å². The number of hydrogen-bond acceptors (Lipinski definition) is 1. The van der Waals surface area contributed by atoms with Gasteiger partial charge in [-0.05, 0) is 19.8 Å². The van der Waals surface area contributed by atoms with Crippen LogP contribution in [0.25, 0.3) is 0 Å². The molecule has 1 rings (SSSR count). The van der Waals surface area contributed by atoms with Crippen LogP contribution in [0.15, 0.2) is 4.99 Å². The second-order valence-electron chi connectivity index (χ2n) is 2.94. The van der Waals surface area contributed by atoms with E-state index >= 15 is 0 Å². The molecule has 0 bridgehead atoms. The first-order valence-corrected chi connectivity index (χ1v) is 4.18. The van der Waals surface area contributed by atoms with E-state index in [9.17, 15) is 0 Å².